The Bertz CT molecular complexity index is 503. The van der Waals surface area contributed by atoms with Gasteiger partial charge in [0.05, 0.1) is 11.3 Å². The van der Waals surface area contributed by atoms with Gasteiger partial charge in [-0.3, -0.25) is 0 Å². The van der Waals surface area contributed by atoms with Crippen LogP contribution in [0.25, 0.3) is 5.69 Å². The normalized spacial score (nSPS) is 11.7. The van der Waals surface area contributed by atoms with Crippen LogP contribution >= 0.6 is 0 Å². The predicted molar refractivity (Wildman–Crippen MR) is 50.8 cm³/mol. The lowest BCUT2D eigenvalue weighted by Gasteiger charge is -2.11. The molecule has 2 rings (SSSR count). The van der Waals surface area contributed by atoms with Gasteiger partial charge in [0.2, 0.25) is 5.95 Å². The molecule has 0 fully saturated rings. The first-order valence-electron chi connectivity index (χ1n) is 4.32. The monoisotopic (exact) mass is 228 g/mol. The van der Waals surface area contributed by atoms with Crippen molar-refractivity contribution in [3.05, 3.63) is 36.2 Å². The molecule has 0 saturated carbocycles. The van der Waals surface area contributed by atoms with Gasteiger partial charge in [-0.2, -0.15) is 13.2 Å². The topological polar surface area (TPSA) is 56.7 Å². The fourth-order valence-electron chi connectivity index (χ4n) is 1.31. The molecular weight excluding hydrogens is 221 g/mol. The van der Waals surface area contributed by atoms with Crippen molar-refractivity contribution in [1.82, 2.24) is 14.8 Å². The van der Waals surface area contributed by atoms with E-state index in [0.717, 1.165) is 17.1 Å². The molecule has 0 aliphatic heterocycles. The summed E-state index contributed by atoms with van der Waals surface area (Å²) in [6, 6.07) is 5.08. The summed E-state index contributed by atoms with van der Waals surface area (Å²) in [4.78, 5) is 3.58. The summed E-state index contributed by atoms with van der Waals surface area (Å²) < 4.78 is 38.9. The number of hydrogen-bond donors (Lipinski definition) is 1. The van der Waals surface area contributed by atoms with E-state index in [1.807, 2.05) is 0 Å². The molecule has 1 aromatic heterocycles. The van der Waals surface area contributed by atoms with E-state index in [1.165, 1.54) is 18.2 Å². The molecule has 0 amide bonds. The van der Waals surface area contributed by atoms with Crippen molar-refractivity contribution in [3.63, 3.8) is 0 Å². The zero-order valence-corrected chi connectivity index (χ0v) is 7.94. The predicted octanol–water partition coefficient (Wildman–Crippen LogP) is 1.87. The van der Waals surface area contributed by atoms with Gasteiger partial charge in [-0.05, 0) is 12.1 Å². The Hall–Kier alpha value is -2.05. The highest BCUT2D eigenvalue weighted by Crippen LogP contribution is 2.33. The Morgan fingerprint density at radius 1 is 1.19 bits per heavy atom. The Morgan fingerprint density at radius 3 is 2.44 bits per heavy atom. The van der Waals surface area contributed by atoms with Gasteiger partial charge in [-0.25, -0.2) is 9.67 Å². The number of nitrogens with two attached hydrogens (primary N) is 1. The molecule has 1 aromatic carbocycles. The van der Waals surface area contributed by atoms with Crippen molar-refractivity contribution < 1.29 is 13.2 Å². The first-order chi connectivity index (χ1) is 7.48. The fraction of sp³-hybridized carbons (Fsp3) is 0.111. The van der Waals surface area contributed by atoms with Crippen LogP contribution in [0.4, 0.5) is 19.1 Å². The lowest BCUT2D eigenvalue weighted by atomic mass is 10.2. The average molecular weight is 228 g/mol. The maximum absolute atomic E-state index is 12.6. The standard InChI is InChI=1S/C9H7F3N4/c10-9(11,12)6-3-1-2-4-7(6)16-5-14-8(13)15-16/h1-5H,(H2,13,15). The molecule has 0 spiro atoms. The average Bonchev–Trinajstić information content (AvgIpc) is 2.64. The maximum Gasteiger partial charge on any atom is 0.418 e. The molecule has 0 bridgehead atoms. The van der Waals surface area contributed by atoms with E-state index in [4.69, 9.17) is 5.73 Å². The number of rotatable bonds is 1. The van der Waals surface area contributed by atoms with Gasteiger partial charge >= 0.3 is 6.18 Å². The molecule has 1 heterocycles. The third-order valence-corrected chi connectivity index (χ3v) is 1.97. The summed E-state index contributed by atoms with van der Waals surface area (Å²) in [5.74, 6) is -0.0722. The van der Waals surface area contributed by atoms with E-state index in [-0.39, 0.29) is 11.6 Å². The number of benzene rings is 1. The number of halogens is 3. The number of para-hydroxylation sites is 1. The molecule has 0 radical (unpaired) electrons. The van der Waals surface area contributed by atoms with Crippen molar-refractivity contribution in [2.45, 2.75) is 6.18 Å². The van der Waals surface area contributed by atoms with Gasteiger partial charge in [0, 0.05) is 0 Å². The molecule has 4 nitrogen and oxygen atoms in total. The third-order valence-electron chi connectivity index (χ3n) is 1.97. The summed E-state index contributed by atoms with van der Waals surface area (Å²) >= 11 is 0. The summed E-state index contributed by atoms with van der Waals surface area (Å²) in [5.41, 5.74) is 4.37. The molecule has 0 aliphatic carbocycles. The first-order valence-corrected chi connectivity index (χ1v) is 4.32. The van der Waals surface area contributed by atoms with E-state index in [2.05, 4.69) is 10.1 Å². The molecule has 7 heteroatoms. The summed E-state index contributed by atoms with van der Waals surface area (Å²) in [6.07, 6.45) is -3.29. The number of hydrogen-bond acceptors (Lipinski definition) is 3. The van der Waals surface area contributed by atoms with Crippen LogP contribution in [0.15, 0.2) is 30.6 Å². The second kappa shape index (κ2) is 3.51. The van der Waals surface area contributed by atoms with Crippen molar-refractivity contribution in [2.75, 3.05) is 5.73 Å². The maximum atomic E-state index is 12.6. The van der Waals surface area contributed by atoms with Gasteiger partial charge < -0.3 is 5.73 Å². The number of anilines is 1. The summed E-state index contributed by atoms with van der Waals surface area (Å²) in [5, 5.41) is 3.64. The minimum Gasteiger partial charge on any atom is -0.366 e. The van der Waals surface area contributed by atoms with Gasteiger partial charge in [-0.15, -0.1) is 5.10 Å². The van der Waals surface area contributed by atoms with Gasteiger partial charge in [-0.1, -0.05) is 12.1 Å². The Balaban J connectivity index is 2.57. The highest BCUT2D eigenvalue weighted by Gasteiger charge is 2.33. The molecule has 2 N–H and O–H groups in total. The van der Waals surface area contributed by atoms with Gasteiger partial charge in [0.1, 0.15) is 6.33 Å². The lowest BCUT2D eigenvalue weighted by molar-refractivity contribution is -0.137. The van der Waals surface area contributed by atoms with Crippen LogP contribution in [-0.4, -0.2) is 14.8 Å². The minimum absolute atomic E-state index is 0.0722. The van der Waals surface area contributed by atoms with E-state index in [0.29, 0.717) is 0 Å². The van der Waals surface area contributed by atoms with E-state index < -0.39 is 11.7 Å². The van der Waals surface area contributed by atoms with Crippen LogP contribution in [0, 0.1) is 0 Å². The lowest BCUT2D eigenvalue weighted by Crippen LogP contribution is -2.11. The Labute approximate surface area is 88.5 Å². The summed E-state index contributed by atoms with van der Waals surface area (Å²) in [6.45, 7) is 0. The zero-order valence-electron chi connectivity index (χ0n) is 7.94. The Morgan fingerprint density at radius 2 is 1.88 bits per heavy atom. The van der Waals surface area contributed by atoms with Crippen LogP contribution in [0.3, 0.4) is 0 Å². The van der Waals surface area contributed by atoms with Crippen molar-refractivity contribution in [2.24, 2.45) is 0 Å². The minimum atomic E-state index is -4.43. The van der Waals surface area contributed by atoms with Crippen LogP contribution in [0.2, 0.25) is 0 Å². The first kappa shape index (κ1) is 10.5. The number of alkyl halides is 3. The van der Waals surface area contributed by atoms with Crippen LogP contribution in [-0.2, 0) is 6.18 Å². The van der Waals surface area contributed by atoms with Crippen molar-refractivity contribution in [1.29, 1.82) is 0 Å². The quantitative estimate of drug-likeness (QED) is 0.810. The zero-order chi connectivity index (χ0) is 11.8. The fourth-order valence-corrected chi connectivity index (χ4v) is 1.31. The molecule has 0 aliphatic rings. The van der Waals surface area contributed by atoms with Gasteiger partial charge in [0.15, 0.2) is 0 Å². The van der Waals surface area contributed by atoms with E-state index in [1.54, 1.807) is 0 Å². The molecule has 16 heavy (non-hydrogen) atoms. The highest BCUT2D eigenvalue weighted by molar-refractivity contribution is 5.42. The van der Waals surface area contributed by atoms with Crippen molar-refractivity contribution >= 4 is 5.95 Å². The van der Waals surface area contributed by atoms with Gasteiger partial charge in [0.25, 0.3) is 0 Å². The van der Waals surface area contributed by atoms with Crippen LogP contribution < -0.4 is 5.73 Å². The van der Waals surface area contributed by atoms with E-state index >= 15 is 0 Å². The second-order valence-corrected chi connectivity index (χ2v) is 3.06. The smallest absolute Gasteiger partial charge is 0.366 e. The number of nitrogens with zero attached hydrogens (tertiary/aromatic N) is 3. The molecule has 2 aromatic rings. The molecular formula is C9H7F3N4. The van der Waals surface area contributed by atoms with E-state index in [9.17, 15) is 13.2 Å². The molecule has 84 valence electrons. The highest BCUT2D eigenvalue weighted by atomic mass is 19.4. The van der Waals surface area contributed by atoms with Crippen LogP contribution in [0.1, 0.15) is 5.56 Å². The number of aromatic nitrogens is 3. The Kier molecular flexibility index (Phi) is 2.30. The SMILES string of the molecule is Nc1ncn(-c2ccccc2C(F)(F)F)n1. The summed E-state index contributed by atoms with van der Waals surface area (Å²) in [7, 11) is 0. The second-order valence-electron chi connectivity index (χ2n) is 3.06. The molecule has 0 unspecified atom stereocenters. The number of nitrogen functional groups attached to an aromatic ring is 1. The largest absolute Gasteiger partial charge is 0.418 e. The molecule has 0 saturated heterocycles. The van der Waals surface area contributed by atoms with Crippen LogP contribution in [0.5, 0.6) is 0 Å². The third kappa shape index (κ3) is 1.83. The molecule has 0 atom stereocenters. The van der Waals surface area contributed by atoms with Crippen molar-refractivity contribution in [3.8, 4) is 5.69 Å².